The number of hydrogen-bond acceptors (Lipinski definition) is 3. The zero-order valence-electron chi connectivity index (χ0n) is 15.6. The molecule has 4 unspecified atom stereocenters. The third kappa shape index (κ3) is 4.76. The smallest absolute Gasteiger partial charge is 0.227 e. The molecule has 7 heteroatoms. The van der Waals surface area contributed by atoms with Gasteiger partial charge in [0.25, 0.3) is 0 Å². The van der Waals surface area contributed by atoms with Gasteiger partial charge >= 0.3 is 0 Å². The summed E-state index contributed by atoms with van der Waals surface area (Å²) in [5, 5.41) is 0. The number of hydrogen-bond donors (Lipinski definition) is 1. The highest BCUT2D eigenvalue weighted by Gasteiger charge is 2.50. The second kappa shape index (κ2) is 9.55. The van der Waals surface area contributed by atoms with Gasteiger partial charge in [-0.3, -0.25) is 9.69 Å². The minimum absolute atomic E-state index is 0. The molecular formula is C20H30Cl2FN3O. The molecule has 152 valence electrons. The normalized spacial score (nSPS) is 30.4. The Kier molecular flexibility index (Phi) is 7.93. The summed E-state index contributed by atoms with van der Waals surface area (Å²) in [6, 6.07) is 6.79. The first kappa shape index (κ1) is 22.4. The maximum atomic E-state index is 13.0. The summed E-state index contributed by atoms with van der Waals surface area (Å²) in [5.41, 5.74) is 7.49. The van der Waals surface area contributed by atoms with Crippen molar-refractivity contribution in [2.75, 3.05) is 26.2 Å². The minimum atomic E-state index is -0.196. The van der Waals surface area contributed by atoms with E-state index in [-0.39, 0.29) is 42.6 Å². The van der Waals surface area contributed by atoms with Crippen LogP contribution < -0.4 is 5.73 Å². The summed E-state index contributed by atoms with van der Waals surface area (Å²) < 4.78 is 13.0. The second-order valence-electron chi connectivity index (χ2n) is 8.02. The lowest BCUT2D eigenvalue weighted by atomic mass is 9.84. The van der Waals surface area contributed by atoms with Crippen LogP contribution in [0.3, 0.4) is 0 Å². The summed E-state index contributed by atoms with van der Waals surface area (Å²) in [6.07, 6.45) is 4.53. The van der Waals surface area contributed by atoms with E-state index >= 15 is 0 Å². The fraction of sp³-hybridized carbons (Fsp3) is 0.650. The average molecular weight is 418 g/mol. The van der Waals surface area contributed by atoms with Gasteiger partial charge < -0.3 is 10.6 Å². The number of carbonyl (C=O) groups excluding carboxylic acids is 1. The minimum Gasteiger partial charge on any atom is -0.341 e. The van der Waals surface area contributed by atoms with Crippen LogP contribution in [-0.2, 0) is 11.3 Å². The molecule has 4 atom stereocenters. The van der Waals surface area contributed by atoms with Crippen LogP contribution in [-0.4, -0.2) is 47.9 Å². The standard InChI is InChI=1S/C20H28FN3O.2ClH/c21-17-6-2-14(3-7-17)13-23-8-1-9-24(11-10-23)20(25)18-15-4-5-16(12-15)19(18)22;;/h2-3,6-7,15-16,18-19H,1,4-5,8-13,22H2;2*1H. The first-order valence-corrected chi connectivity index (χ1v) is 9.63. The van der Waals surface area contributed by atoms with Gasteiger partial charge in [-0.25, -0.2) is 4.39 Å². The molecule has 0 radical (unpaired) electrons. The van der Waals surface area contributed by atoms with Crippen LogP contribution >= 0.6 is 24.8 Å². The van der Waals surface area contributed by atoms with Crippen LogP contribution in [0.4, 0.5) is 4.39 Å². The third-order valence-electron chi connectivity index (χ3n) is 6.49. The van der Waals surface area contributed by atoms with Crippen LogP contribution in [0.25, 0.3) is 0 Å². The molecule has 1 heterocycles. The lowest BCUT2D eigenvalue weighted by Crippen LogP contribution is -2.48. The lowest BCUT2D eigenvalue weighted by molar-refractivity contribution is -0.137. The average Bonchev–Trinajstić information content (AvgIpc) is 3.11. The van der Waals surface area contributed by atoms with Crippen molar-refractivity contribution in [2.45, 2.75) is 38.3 Å². The van der Waals surface area contributed by atoms with E-state index in [2.05, 4.69) is 9.80 Å². The Morgan fingerprint density at radius 3 is 2.41 bits per heavy atom. The van der Waals surface area contributed by atoms with Crippen LogP contribution in [0.15, 0.2) is 24.3 Å². The number of halogens is 3. The van der Waals surface area contributed by atoms with Gasteiger partial charge in [0, 0.05) is 38.8 Å². The Hall–Kier alpha value is -0.880. The van der Waals surface area contributed by atoms with E-state index in [0.717, 1.165) is 51.1 Å². The number of fused-ring (bicyclic) bond motifs is 2. The van der Waals surface area contributed by atoms with Gasteiger partial charge in [0.05, 0.1) is 5.92 Å². The van der Waals surface area contributed by atoms with Crippen molar-refractivity contribution < 1.29 is 9.18 Å². The zero-order valence-corrected chi connectivity index (χ0v) is 17.2. The number of rotatable bonds is 3. The number of amides is 1. The monoisotopic (exact) mass is 417 g/mol. The molecule has 27 heavy (non-hydrogen) atoms. The highest BCUT2D eigenvalue weighted by atomic mass is 35.5. The van der Waals surface area contributed by atoms with Crippen molar-refractivity contribution >= 4 is 30.7 Å². The van der Waals surface area contributed by atoms with Gasteiger partial charge in [-0.05, 0) is 55.2 Å². The van der Waals surface area contributed by atoms with Crippen molar-refractivity contribution in [3.8, 4) is 0 Å². The molecule has 0 aromatic heterocycles. The van der Waals surface area contributed by atoms with E-state index in [1.807, 2.05) is 12.1 Å². The highest BCUT2D eigenvalue weighted by molar-refractivity contribution is 5.85. The van der Waals surface area contributed by atoms with E-state index in [0.29, 0.717) is 17.7 Å². The number of carbonyl (C=O) groups is 1. The van der Waals surface area contributed by atoms with Crippen molar-refractivity contribution in [1.29, 1.82) is 0 Å². The lowest BCUT2D eigenvalue weighted by Gasteiger charge is -2.32. The Labute approximate surface area is 173 Å². The Balaban J connectivity index is 0.00000131. The summed E-state index contributed by atoms with van der Waals surface area (Å²) >= 11 is 0. The van der Waals surface area contributed by atoms with Crippen LogP contribution in [0.1, 0.15) is 31.2 Å². The van der Waals surface area contributed by atoms with Crippen LogP contribution in [0.2, 0.25) is 0 Å². The van der Waals surface area contributed by atoms with Crippen molar-refractivity contribution in [2.24, 2.45) is 23.5 Å². The number of nitrogens with two attached hydrogens (primary N) is 1. The highest BCUT2D eigenvalue weighted by Crippen LogP contribution is 2.48. The fourth-order valence-electron chi connectivity index (χ4n) is 5.11. The number of nitrogens with zero attached hydrogens (tertiary/aromatic N) is 2. The van der Waals surface area contributed by atoms with Gasteiger partial charge in [-0.1, -0.05) is 12.1 Å². The fourth-order valence-corrected chi connectivity index (χ4v) is 5.11. The van der Waals surface area contributed by atoms with Crippen molar-refractivity contribution in [1.82, 2.24) is 9.80 Å². The molecule has 1 aromatic carbocycles. The summed E-state index contributed by atoms with van der Waals surface area (Å²) in [7, 11) is 0. The third-order valence-corrected chi connectivity index (χ3v) is 6.49. The van der Waals surface area contributed by atoms with E-state index < -0.39 is 0 Å². The molecule has 1 aromatic rings. The van der Waals surface area contributed by atoms with E-state index in [4.69, 9.17) is 5.73 Å². The Bertz CT molecular complexity index is 628. The Morgan fingerprint density at radius 1 is 1.04 bits per heavy atom. The quantitative estimate of drug-likeness (QED) is 0.821. The first-order valence-electron chi connectivity index (χ1n) is 9.63. The van der Waals surface area contributed by atoms with E-state index in [1.165, 1.54) is 25.0 Å². The molecule has 2 bridgehead atoms. The molecule has 4 nitrogen and oxygen atoms in total. The predicted molar refractivity (Wildman–Crippen MR) is 110 cm³/mol. The molecule has 1 amide bonds. The van der Waals surface area contributed by atoms with Crippen LogP contribution in [0, 0.1) is 23.6 Å². The molecule has 3 aliphatic rings. The van der Waals surface area contributed by atoms with Gasteiger partial charge in [-0.2, -0.15) is 0 Å². The molecular weight excluding hydrogens is 388 g/mol. The second-order valence-corrected chi connectivity index (χ2v) is 8.02. The van der Waals surface area contributed by atoms with Crippen LogP contribution in [0.5, 0.6) is 0 Å². The molecule has 2 saturated carbocycles. The molecule has 1 saturated heterocycles. The maximum absolute atomic E-state index is 13.0. The molecule has 2 N–H and O–H groups in total. The topological polar surface area (TPSA) is 49.6 Å². The number of benzene rings is 1. The van der Waals surface area contributed by atoms with Crippen molar-refractivity contribution in [3.05, 3.63) is 35.6 Å². The predicted octanol–water partition coefficient (Wildman–Crippen LogP) is 3.08. The zero-order chi connectivity index (χ0) is 17.4. The summed E-state index contributed by atoms with van der Waals surface area (Å²) in [5.74, 6) is 1.25. The Morgan fingerprint density at radius 2 is 1.74 bits per heavy atom. The van der Waals surface area contributed by atoms with Gasteiger partial charge in [0.15, 0.2) is 0 Å². The van der Waals surface area contributed by atoms with Gasteiger partial charge in [0.2, 0.25) is 5.91 Å². The van der Waals surface area contributed by atoms with Crippen molar-refractivity contribution in [3.63, 3.8) is 0 Å². The molecule has 4 rings (SSSR count). The largest absolute Gasteiger partial charge is 0.341 e. The first-order chi connectivity index (χ1) is 12.1. The van der Waals surface area contributed by atoms with E-state index in [9.17, 15) is 9.18 Å². The maximum Gasteiger partial charge on any atom is 0.227 e. The molecule has 2 aliphatic carbocycles. The molecule has 0 spiro atoms. The van der Waals surface area contributed by atoms with Gasteiger partial charge in [0.1, 0.15) is 5.82 Å². The summed E-state index contributed by atoms with van der Waals surface area (Å²) in [6.45, 7) is 4.28. The molecule has 1 aliphatic heterocycles. The summed E-state index contributed by atoms with van der Waals surface area (Å²) in [4.78, 5) is 17.5. The SMILES string of the molecule is Cl.Cl.NC1C2CCC(C2)C1C(=O)N1CCCN(Cc2ccc(F)cc2)CC1. The van der Waals surface area contributed by atoms with E-state index in [1.54, 1.807) is 0 Å². The van der Waals surface area contributed by atoms with Gasteiger partial charge in [-0.15, -0.1) is 24.8 Å². The molecule has 3 fully saturated rings.